The van der Waals surface area contributed by atoms with Crippen molar-refractivity contribution in [2.45, 2.75) is 58.0 Å². The van der Waals surface area contributed by atoms with E-state index in [1.54, 1.807) is 0 Å². The molecule has 0 aliphatic rings. The maximum absolute atomic E-state index is 12.8. The quantitative estimate of drug-likeness (QED) is 0.644. The molecule has 0 aliphatic carbocycles. The molecule has 0 spiro atoms. The Morgan fingerprint density at radius 1 is 1.26 bits per heavy atom. The number of hydrogen-bond acceptors (Lipinski definition) is 1. The summed E-state index contributed by atoms with van der Waals surface area (Å²) in [5, 5.41) is 4.03. The van der Waals surface area contributed by atoms with Crippen LogP contribution in [-0.2, 0) is 13.2 Å². The van der Waals surface area contributed by atoms with Crippen molar-refractivity contribution in [1.29, 1.82) is 0 Å². The van der Waals surface area contributed by atoms with Crippen molar-refractivity contribution in [1.82, 2.24) is 9.78 Å². The Labute approximate surface area is 120 Å². The fourth-order valence-electron chi connectivity index (χ4n) is 2.16. The van der Waals surface area contributed by atoms with Crippen LogP contribution in [0, 0.1) is 0 Å². The van der Waals surface area contributed by atoms with Gasteiger partial charge in [-0.05, 0) is 22.4 Å². The summed E-state index contributed by atoms with van der Waals surface area (Å²) in [7, 11) is 1.33. The van der Waals surface area contributed by atoms with E-state index in [1.807, 2.05) is 6.92 Å². The van der Waals surface area contributed by atoms with Crippen LogP contribution >= 0.6 is 15.9 Å². The van der Waals surface area contributed by atoms with E-state index in [-0.39, 0.29) is 10.4 Å². The number of aromatic nitrogens is 2. The molecular formula is C13H20BrF3N2. The molecule has 1 aromatic heterocycles. The largest absolute Gasteiger partial charge is 0.434 e. The van der Waals surface area contributed by atoms with Gasteiger partial charge < -0.3 is 0 Å². The van der Waals surface area contributed by atoms with Crippen LogP contribution in [0.2, 0.25) is 0 Å². The van der Waals surface area contributed by atoms with Crippen molar-refractivity contribution in [2.75, 3.05) is 0 Å². The van der Waals surface area contributed by atoms with Crippen molar-refractivity contribution in [3.63, 3.8) is 0 Å². The van der Waals surface area contributed by atoms with Gasteiger partial charge in [-0.1, -0.05) is 39.5 Å². The molecule has 0 fully saturated rings. The minimum Gasteiger partial charge on any atom is -0.262 e. The second-order valence-electron chi connectivity index (χ2n) is 4.92. The van der Waals surface area contributed by atoms with E-state index in [4.69, 9.17) is 0 Å². The molecule has 1 heterocycles. The highest BCUT2D eigenvalue weighted by molar-refractivity contribution is 9.10. The normalized spacial score (nSPS) is 13.8. The molecule has 0 saturated carbocycles. The van der Waals surface area contributed by atoms with Crippen LogP contribution in [0.5, 0.6) is 0 Å². The first-order valence-electron chi connectivity index (χ1n) is 6.58. The molecule has 19 heavy (non-hydrogen) atoms. The second kappa shape index (κ2) is 6.77. The van der Waals surface area contributed by atoms with Gasteiger partial charge in [0.1, 0.15) is 0 Å². The molecule has 0 amide bonds. The van der Waals surface area contributed by atoms with Gasteiger partial charge in [-0.3, -0.25) is 4.68 Å². The lowest BCUT2D eigenvalue weighted by Crippen LogP contribution is -2.12. The average Bonchev–Trinajstić information content (AvgIpc) is 2.59. The lowest BCUT2D eigenvalue weighted by molar-refractivity contribution is -0.144. The molecule has 0 radical (unpaired) electrons. The fraction of sp³-hybridized carbons (Fsp3) is 0.769. The van der Waals surface area contributed by atoms with Gasteiger partial charge in [-0.15, -0.1) is 0 Å². The molecule has 110 valence electrons. The summed E-state index contributed by atoms with van der Waals surface area (Å²) in [6.07, 6.45) is 0.967. The summed E-state index contributed by atoms with van der Waals surface area (Å²) in [5.74, 6) is 0.0357. The molecule has 0 aromatic carbocycles. The summed E-state index contributed by atoms with van der Waals surface area (Å²) in [4.78, 5) is 0. The van der Waals surface area contributed by atoms with Gasteiger partial charge in [-0.25, -0.2) is 0 Å². The number of alkyl halides is 3. The Bertz CT molecular complexity index is 413. The Morgan fingerprint density at radius 3 is 2.37 bits per heavy atom. The maximum atomic E-state index is 12.8. The fourth-order valence-corrected chi connectivity index (χ4v) is 3.11. The van der Waals surface area contributed by atoms with Gasteiger partial charge in [0.05, 0.1) is 10.2 Å². The highest BCUT2D eigenvalue weighted by Gasteiger charge is 2.39. The van der Waals surface area contributed by atoms with E-state index in [1.165, 1.54) is 13.5 Å². The lowest BCUT2D eigenvalue weighted by Gasteiger charge is -2.09. The molecule has 2 nitrogen and oxygen atoms in total. The molecule has 1 rings (SSSR count). The summed E-state index contributed by atoms with van der Waals surface area (Å²) >= 11 is 3.06. The number of halogens is 4. The smallest absolute Gasteiger partial charge is 0.262 e. The number of unbranched alkanes of at least 4 members (excludes halogenated alkanes) is 3. The number of aryl methyl sites for hydroxylation is 1. The van der Waals surface area contributed by atoms with E-state index in [0.717, 1.165) is 30.4 Å². The molecule has 0 saturated heterocycles. The van der Waals surface area contributed by atoms with E-state index in [0.29, 0.717) is 5.69 Å². The lowest BCUT2D eigenvalue weighted by atomic mass is 9.99. The zero-order valence-corrected chi connectivity index (χ0v) is 13.1. The third kappa shape index (κ3) is 4.23. The minimum absolute atomic E-state index is 0.0357. The first-order valence-corrected chi connectivity index (χ1v) is 7.37. The van der Waals surface area contributed by atoms with Gasteiger partial charge in [0.25, 0.3) is 0 Å². The van der Waals surface area contributed by atoms with Crippen LogP contribution in [0.3, 0.4) is 0 Å². The van der Waals surface area contributed by atoms with Crippen molar-refractivity contribution >= 4 is 15.9 Å². The molecule has 0 aliphatic heterocycles. The maximum Gasteiger partial charge on any atom is 0.434 e. The van der Waals surface area contributed by atoms with Gasteiger partial charge in [0.2, 0.25) is 0 Å². The second-order valence-corrected chi connectivity index (χ2v) is 5.71. The van der Waals surface area contributed by atoms with Gasteiger partial charge in [0, 0.05) is 13.0 Å². The van der Waals surface area contributed by atoms with E-state index in [9.17, 15) is 13.2 Å². The van der Waals surface area contributed by atoms with E-state index >= 15 is 0 Å². The van der Waals surface area contributed by atoms with Crippen molar-refractivity contribution < 1.29 is 13.2 Å². The molecule has 6 heteroatoms. The predicted octanol–water partition coefficient (Wildman–Crippen LogP) is 5.28. The Kier molecular flexibility index (Phi) is 5.89. The Morgan fingerprint density at radius 2 is 1.89 bits per heavy atom. The highest BCUT2D eigenvalue weighted by Crippen LogP contribution is 2.39. The van der Waals surface area contributed by atoms with Gasteiger partial charge >= 0.3 is 6.18 Å². The van der Waals surface area contributed by atoms with Crippen LogP contribution in [-0.4, -0.2) is 9.78 Å². The molecular weight excluding hydrogens is 321 g/mol. The average molecular weight is 341 g/mol. The van der Waals surface area contributed by atoms with Crippen LogP contribution in [0.1, 0.15) is 63.3 Å². The Hall–Kier alpha value is -0.520. The summed E-state index contributed by atoms with van der Waals surface area (Å²) < 4.78 is 39.6. The summed E-state index contributed by atoms with van der Waals surface area (Å²) in [6.45, 7) is 4.06. The van der Waals surface area contributed by atoms with Crippen LogP contribution in [0.25, 0.3) is 0 Å². The first-order chi connectivity index (χ1) is 8.79. The number of rotatable bonds is 6. The van der Waals surface area contributed by atoms with E-state index in [2.05, 4.69) is 28.0 Å². The van der Waals surface area contributed by atoms with Crippen LogP contribution in [0.15, 0.2) is 4.47 Å². The van der Waals surface area contributed by atoms with Gasteiger partial charge in [-0.2, -0.15) is 18.3 Å². The molecule has 1 aromatic rings. The molecule has 1 unspecified atom stereocenters. The van der Waals surface area contributed by atoms with Crippen LogP contribution in [0.4, 0.5) is 13.2 Å². The molecule has 0 bridgehead atoms. The van der Waals surface area contributed by atoms with E-state index < -0.39 is 11.9 Å². The topological polar surface area (TPSA) is 17.8 Å². The first kappa shape index (κ1) is 16.5. The third-order valence-corrected chi connectivity index (χ3v) is 4.02. The minimum atomic E-state index is -4.37. The standard InChI is InChI=1S/C13H20BrF3N2/c1-4-5-6-7-8-9(2)11-10(14)12(13(15,16)17)19(3)18-11/h9H,4-8H2,1-3H3. The highest BCUT2D eigenvalue weighted by atomic mass is 79.9. The summed E-state index contributed by atoms with van der Waals surface area (Å²) in [5.41, 5.74) is -0.200. The monoisotopic (exact) mass is 340 g/mol. The van der Waals surface area contributed by atoms with Crippen molar-refractivity contribution in [3.05, 3.63) is 15.9 Å². The predicted molar refractivity (Wildman–Crippen MR) is 73.1 cm³/mol. The number of nitrogens with zero attached hydrogens (tertiary/aromatic N) is 2. The van der Waals surface area contributed by atoms with Gasteiger partial charge in [0.15, 0.2) is 5.69 Å². The molecule has 0 N–H and O–H groups in total. The Balaban J connectivity index is 2.79. The SMILES string of the molecule is CCCCCCC(C)c1nn(C)c(C(F)(F)F)c1Br. The summed E-state index contributed by atoms with van der Waals surface area (Å²) in [6, 6.07) is 0. The van der Waals surface area contributed by atoms with Crippen molar-refractivity contribution in [2.24, 2.45) is 7.05 Å². The zero-order chi connectivity index (χ0) is 14.6. The third-order valence-electron chi connectivity index (χ3n) is 3.24. The number of hydrogen-bond donors (Lipinski definition) is 0. The zero-order valence-electron chi connectivity index (χ0n) is 11.5. The van der Waals surface area contributed by atoms with Crippen LogP contribution < -0.4 is 0 Å². The molecule has 1 atom stereocenters. The van der Waals surface area contributed by atoms with Crippen molar-refractivity contribution in [3.8, 4) is 0 Å².